The summed E-state index contributed by atoms with van der Waals surface area (Å²) in [4.78, 5) is 26.2. The van der Waals surface area contributed by atoms with E-state index < -0.39 is 23.4 Å². The molecule has 0 atom stereocenters. The largest absolute Gasteiger partial charge is 0.480 e. The number of nitrogens with zero attached hydrogens (tertiary/aromatic N) is 2. The molecule has 0 saturated carbocycles. The van der Waals surface area contributed by atoms with Gasteiger partial charge in [0.15, 0.2) is 0 Å². The van der Waals surface area contributed by atoms with Gasteiger partial charge in [-0.1, -0.05) is 0 Å². The van der Waals surface area contributed by atoms with Crippen molar-refractivity contribution in [1.82, 2.24) is 4.90 Å². The molecular formula is C14H19FN2O3. The predicted molar refractivity (Wildman–Crippen MR) is 74.3 cm³/mol. The molecule has 2 amide bonds. The first kappa shape index (κ1) is 15.9. The Kier molecular flexibility index (Phi) is 4.70. The van der Waals surface area contributed by atoms with E-state index >= 15 is 0 Å². The quantitative estimate of drug-likeness (QED) is 0.923. The third-order valence-corrected chi connectivity index (χ3v) is 3.33. The Balaban J connectivity index is 3.04. The molecule has 1 N–H and O–H groups in total. The zero-order chi connectivity index (χ0) is 15.5. The minimum Gasteiger partial charge on any atom is -0.480 e. The predicted octanol–water partition coefficient (Wildman–Crippen LogP) is 2.57. The topological polar surface area (TPSA) is 60.9 Å². The maximum absolute atomic E-state index is 12.9. The van der Waals surface area contributed by atoms with Gasteiger partial charge in [-0.25, -0.2) is 14.0 Å². The number of amides is 2. The number of benzene rings is 1. The van der Waals surface area contributed by atoms with Crippen LogP contribution >= 0.6 is 0 Å². The number of likely N-dealkylation sites (N-methyl/N-ethyl adjacent to an activating group) is 1. The number of anilines is 1. The van der Waals surface area contributed by atoms with Crippen LogP contribution < -0.4 is 4.90 Å². The van der Waals surface area contributed by atoms with Crippen molar-refractivity contribution < 1.29 is 19.1 Å². The maximum Gasteiger partial charge on any atom is 0.329 e. The number of carbonyl (C=O) groups is 2. The Hall–Kier alpha value is -2.11. The molecule has 0 bridgehead atoms. The normalized spacial score (nSPS) is 11.1. The van der Waals surface area contributed by atoms with Gasteiger partial charge in [-0.2, -0.15) is 0 Å². The summed E-state index contributed by atoms with van der Waals surface area (Å²) in [5.74, 6) is -1.49. The Labute approximate surface area is 117 Å². The van der Waals surface area contributed by atoms with E-state index in [1.54, 1.807) is 6.92 Å². The first-order chi connectivity index (χ1) is 9.21. The fraction of sp³-hybridized carbons (Fsp3) is 0.429. The van der Waals surface area contributed by atoms with Gasteiger partial charge in [-0.3, -0.25) is 4.90 Å². The lowest BCUT2D eigenvalue weighted by molar-refractivity contribution is -0.146. The Morgan fingerprint density at radius 1 is 1.25 bits per heavy atom. The number of carboxylic acid groups (broad SMARTS) is 1. The van der Waals surface area contributed by atoms with Gasteiger partial charge in [-0.15, -0.1) is 0 Å². The van der Waals surface area contributed by atoms with Crippen LogP contribution in [0.5, 0.6) is 0 Å². The lowest BCUT2D eigenvalue weighted by Gasteiger charge is -2.35. The number of aliphatic carboxylic acids is 1. The molecule has 0 saturated heterocycles. The van der Waals surface area contributed by atoms with Crippen LogP contribution in [0.15, 0.2) is 24.3 Å². The van der Waals surface area contributed by atoms with E-state index in [9.17, 15) is 14.0 Å². The van der Waals surface area contributed by atoms with Crippen LogP contribution in [0.1, 0.15) is 20.8 Å². The lowest BCUT2D eigenvalue weighted by Crippen LogP contribution is -2.55. The van der Waals surface area contributed by atoms with E-state index in [1.807, 2.05) is 0 Å². The smallest absolute Gasteiger partial charge is 0.329 e. The van der Waals surface area contributed by atoms with Crippen molar-refractivity contribution in [3.63, 3.8) is 0 Å². The molecule has 0 aliphatic rings. The van der Waals surface area contributed by atoms with Crippen molar-refractivity contribution in [3.8, 4) is 0 Å². The molecule has 0 aliphatic carbocycles. The van der Waals surface area contributed by atoms with Crippen LogP contribution in [0.4, 0.5) is 14.9 Å². The van der Waals surface area contributed by atoms with Crippen molar-refractivity contribution in [2.24, 2.45) is 0 Å². The summed E-state index contributed by atoms with van der Waals surface area (Å²) in [6.45, 7) is 5.02. The molecular weight excluding hydrogens is 263 g/mol. The summed E-state index contributed by atoms with van der Waals surface area (Å²) < 4.78 is 12.9. The van der Waals surface area contributed by atoms with Gasteiger partial charge in [-0.05, 0) is 45.0 Å². The van der Waals surface area contributed by atoms with E-state index in [0.717, 1.165) is 4.90 Å². The standard InChI is InChI=1S/C14H19FN2O3/c1-5-17(11-8-6-10(15)7-9-11)13(20)16(4)14(2,3)12(18)19/h6-9H,5H2,1-4H3,(H,18,19). The molecule has 1 rings (SSSR count). The van der Waals surface area contributed by atoms with Gasteiger partial charge < -0.3 is 10.0 Å². The molecule has 0 unspecified atom stereocenters. The van der Waals surface area contributed by atoms with Gasteiger partial charge >= 0.3 is 12.0 Å². The maximum atomic E-state index is 12.9. The second-order valence-corrected chi connectivity index (χ2v) is 4.93. The average Bonchev–Trinajstić information content (AvgIpc) is 2.40. The number of carboxylic acids is 1. The molecule has 0 fully saturated rings. The fourth-order valence-electron chi connectivity index (χ4n) is 1.61. The van der Waals surface area contributed by atoms with Crippen LogP contribution in [0.3, 0.4) is 0 Å². The Morgan fingerprint density at radius 2 is 1.75 bits per heavy atom. The number of urea groups is 1. The summed E-state index contributed by atoms with van der Waals surface area (Å²) in [6, 6.07) is 5.03. The van der Waals surface area contributed by atoms with Crippen LogP contribution in [-0.2, 0) is 4.79 Å². The summed E-state index contributed by atoms with van der Waals surface area (Å²) in [7, 11) is 1.43. The molecule has 0 aromatic heterocycles. The molecule has 1 aromatic carbocycles. The second-order valence-electron chi connectivity index (χ2n) is 4.93. The van der Waals surface area contributed by atoms with E-state index in [2.05, 4.69) is 0 Å². The summed E-state index contributed by atoms with van der Waals surface area (Å²) in [5.41, 5.74) is -0.809. The van der Waals surface area contributed by atoms with E-state index in [-0.39, 0.29) is 0 Å². The number of carbonyl (C=O) groups excluding carboxylic acids is 1. The van der Waals surface area contributed by atoms with Crippen molar-refractivity contribution in [2.45, 2.75) is 26.3 Å². The number of hydrogen-bond donors (Lipinski definition) is 1. The van der Waals surface area contributed by atoms with Crippen molar-refractivity contribution in [3.05, 3.63) is 30.1 Å². The average molecular weight is 282 g/mol. The number of halogens is 1. The molecule has 0 radical (unpaired) electrons. The van der Waals surface area contributed by atoms with Crippen LogP contribution in [0.25, 0.3) is 0 Å². The van der Waals surface area contributed by atoms with Crippen LogP contribution in [0, 0.1) is 5.82 Å². The van der Waals surface area contributed by atoms with Gasteiger partial charge in [0, 0.05) is 19.3 Å². The third kappa shape index (κ3) is 3.07. The molecule has 1 aromatic rings. The lowest BCUT2D eigenvalue weighted by atomic mass is 10.0. The monoisotopic (exact) mass is 282 g/mol. The van der Waals surface area contributed by atoms with Crippen LogP contribution in [-0.4, -0.2) is 41.1 Å². The Morgan fingerprint density at radius 3 is 2.15 bits per heavy atom. The van der Waals surface area contributed by atoms with Crippen molar-refractivity contribution in [1.29, 1.82) is 0 Å². The zero-order valence-electron chi connectivity index (χ0n) is 12.1. The highest BCUT2D eigenvalue weighted by Crippen LogP contribution is 2.20. The number of hydrogen-bond acceptors (Lipinski definition) is 2. The number of rotatable bonds is 4. The molecule has 6 heteroatoms. The highest BCUT2D eigenvalue weighted by Gasteiger charge is 2.37. The summed E-state index contributed by atoms with van der Waals surface area (Å²) >= 11 is 0. The molecule has 0 heterocycles. The minimum atomic E-state index is -1.33. The second kappa shape index (κ2) is 5.90. The van der Waals surface area contributed by atoms with E-state index in [0.29, 0.717) is 12.2 Å². The highest BCUT2D eigenvalue weighted by molar-refractivity contribution is 5.95. The SMILES string of the molecule is CCN(C(=O)N(C)C(C)(C)C(=O)O)c1ccc(F)cc1. The van der Waals surface area contributed by atoms with Gasteiger partial charge in [0.25, 0.3) is 0 Å². The zero-order valence-corrected chi connectivity index (χ0v) is 12.1. The molecule has 0 aliphatic heterocycles. The van der Waals surface area contributed by atoms with Crippen LogP contribution in [0.2, 0.25) is 0 Å². The molecule has 110 valence electrons. The molecule has 20 heavy (non-hydrogen) atoms. The van der Waals surface area contributed by atoms with Crippen molar-refractivity contribution in [2.75, 3.05) is 18.5 Å². The van der Waals surface area contributed by atoms with E-state index in [1.165, 1.54) is 50.1 Å². The molecule has 5 nitrogen and oxygen atoms in total. The van der Waals surface area contributed by atoms with E-state index in [4.69, 9.17) is 5.11 Å². The first-order valence-corrected chi connectivity index (χ1v) is 6.26. The first-order valence-electron chi connectivity index (χ1n) is 6.26. The highest BCUT2D eigenvalue weighted by atomic mass is 19.1. The summed E-state index contributed by atoms with van der Waals surface area (Å²) in [5, 5.41) is 9.16. The summed E-state index contributed by atoms with van der Waals surface area (Å²) in [6.07, 6.45) is 0. The molecule has 0 spiro atoms. The minimum absolute atomic E-state index is 0.352. The van der Waals surface area contributed by atoms with Gasteiger partial charge in [0.1, 0.15) is 11.4 Å². The van der Waals surface area contributed by atoms with Crippen molar-refractivity contribution >= 4 is 17.7 Å². The van der Waals surface area contributed by atoms with Gasteiger partial charge in [0.2, 0.25) is 0 Å². The third-order valence-electron chi connectivity index (χ3n) is 3.33. The van der Waals surface area contributed by atoms with Gasteiger partial charge in [0.05, 0.1) is 0 Å². The Bertz CT molecular complexity index is 500. The fourth-order valence-corrected chi connectivity index (χ4v) is 1.61.